The lowest BCUT2D eigenvalue weighted by Crippen LogP contribution is -2.18. The summed E-state index contributed by atoms with van der Waals surface area (Å²) in [5, 5.41) is 7.43. The van der Waals surface area contributed by atoms with Gasteiger partial charge in [0.05, 0.1) is 29.3 Å². The van der Waals surface area contributed by atoms with Gasteiger partial charge in [-0.25, -0.2) is 9.07 Å². The third kappa shape index (κ3) is 3.68. The summed E-state index contributed by atoms with van der Waals surface area (Å²) in [6.07, 6.45) is 0.230. The lowest BCUT2D eigenvalue weighted by Gasteiger charge is -2.11. The van der Waals surface area contributed by atoms with Crippen LogP contribution in [-0.2, 0) is 33.5 Å². The number of hydrogen-bond donors (Lipinski definition) is 1. The van der Waals surface area contributed by atoms with Crippen LogP contribution in [0.2, 0.25) is 0 Å². The zero-order valence-electron chi connectivity index (χ0n) is 14.7. The molecule has 0 aliphatic carbocycles. The minimum atomic E-state index is -1.01. The molecule has 2 heterocycles. The summed E-state index contributed by atoms with van der Waals surface area (Å²) in [5.41, 5.74) is 4.15. The van der Waals surface area contributed by atoms with Crippen molar-refractivity contribution >= 4 is 22.5 Å². The summed E-state index contributed by atoms with van der Waals surface area (Å²) in [4.78, 5) is 12.6. The van der Waals surface area contributed by atoms with E-state index in [9.17, 15) is 13.4 Å². The van der Waals surface area contributed by atoms with Crippen LogP contribution in [0.15, 0.2) is 48.5 Å². The molecule has 5 nitrogen and oxygen atoms in total. The fourth-order valence-electron chi connectivity index (χ4n) is 3.21. The molecular weight excluding hydrogens is 365 g/mol. The predicted molar refractivity (Wildman–Crippen MR) is 103 cm³/mol. The molecule has 0 saturated carbocycles. The summed E-state index contributed by atoms with van der Waals surface area (Å²) in [6, 6.07) is 13.7. The van der Waals surface area contributed by atoms with Crippen LogP contribution < -0.4 is 5.32 Å². The second kappa shape index (κ2) is 7.08. The molecule has 27 heavy (non-hydrogen) atoms. The van der Waals surface area contributed by atoms with Gasteiger partial charge in [0.1, 0.15) is 11.6 Å². The topological polar surface area (TPSA) is 64.0 Å². The number of hydrogen-bond acceptors (Lipinski definition) is 3. The second-order valence-electron chi connectivity index (χ2n) is 6.60. The number of aromatic nitrogens is 2. The normalized spacial score (nSPS) is 15.6. The van der Waals surface area contributed by atoms with Crippen LogP contribution in [0.25, 0.3) is 5.69 Å². The highest BCUT2D eigenvalue weighted by Crippen LogP contribution is 2.31. The Morgan fingerprint density at radius 1 is 1.22 bits per heavy atom. The first-order valence-electron chi connectivity index (χ1n) is 8.56. The van der Waals surface area contributed by atoms with Crippen LogP contribution in [0, 0.1) is 12.7 Å². The molecule has 1 aliphatic rings. The quantitative estimate of drug-likeness (QED) is 0.752. The Bertz CT molecular complexity index is 1040. The molecule has 0 bridgehead atoms. The van der Waals surface area contributed by atoms with Gasteiger partial charge in [0.2, 0.25) is 5.91 Å². The molecule has 1 amide bonds. The Labute approximate surface area is 158 Å². The number of anilines is 1. The molecule has 0 radical (unpaired) electrons. The van der Waals surface area contributed by atoms with Crippen molar-refractivity contribution in [1.82, 2.24) is 9.78 Å². The van der Waals surface area contributed by atoms with Gasteiger partial charge in [-0.15, -0.1) is 0 Å². The van der Waals surface area contributed by atoms with Gasteiger partial charge in [-0.2, -0.15) is 5.10 Å². The van der Waals surface area contributed by atoms with Crippen molar-refractivity contribution in [2.75, 3.05) is 5.32 Å². The maximum absolute atomic E-state index is 13.3. The fraction of sp³-hybridized carbons (Fsp3) is 0.200. The van der Waals surface area contributed by atoms with Crippen molar-refractivity contribution in [3.05, 3.63) is 76.7 Å². The zero-order chi connectivity index (χ0) is 19.0. The molecule has 1 atom stereocenters. The molecule has 1 aliphatic heterocycles. The van der Waals surface area contributed by atoms with Crippen LogP contribution in [0.3, 0.4) is 0 Å². The first-order chi connectivity index (χ1) is 13.0. The molecule has 7 heteroatoms. The van der Waals surface area contributed by atoms with Gasteiger partial charge in [-0.05, 0) is 36.8 Å². The highest BCUT2D eigenvalue weighted by Gasteiger charge is 2.28. The Balaban J connectivity index is 1.65. The Morgan fingerprint density at radius 2 is 2.00 bits per heavy atom. The minimum Gasteiger partial charge on any atom is -0.310 e. The average Bonchev–Trinajstić information content (AvgIpc) is 3.13. The number of nitrogens with zero attached hydrogens (tertiary/aromatic N) is 2. The minimum absolute atomic E-state index is 0.177. The van der Waals surface area contributed by atoms with E-state index in [0.717, 1.165) is 16.7 Å². The molecule has 2 aromatic carbocycles. The van der Waals surface area contributed by atoms with Crippen LogP contribution in [0.5, 0.6) is 0 Å². The SMILES string of the molecule is Cc1cccc(CC(=O)Nc2c3c(nn2-c2ccc(F)cc2)C[S@](=O)C3)c1. The van der Waals surface area contributed by atoms with E-state index in [1.165, 1.54) is 12.1 Å². The summed E-state index contributed by atoms with van der Waals surface area (Å²) in [7, 11) is -1.01. The molecule has 138 valence electrons. The van der Waals surface area contributed by atoms with E-state index in [1.54, 1.807) is 16.8 Å². The van der Waals surface area contributed by atoms with E-state index < -0.39 is 10.8 Å². The molecular formula is C20H18FN3O2S. The number of carbonyl (C=O) groups is 1. The highest BCUT2D eigenvalue weighted by molar-refractivity contribution is 7.83. The fourth-order valence-corrected chi connectivity index (χ4v) is 4.47. The van der Waals surface area contributed by atoms with Crippen molar-refractivity contribution in [2.24, 2.45) is 0 Å². The van der Waals surface area contributed by atoms with Gasteiger partial charge in [0.25, 0.3) is 0 Å². The highest BCUT2D eigenvalue weighted by atomic mass is 32.2. The largest absolute Gasteiger partial charge is 0.310 e. The van der Waals surface area contributed by atoms with Crippen molar-refractivity contribution in [3.8, 4) is 5.69 Å². The summed E-state index contributed by atoms with van der Waals surface area (Å²) in [5.74, 6) is 0.718. The number of halogens is 1. The lowest BCUT2D eigenvalue weighted by atomic mass is 10.1. The van der Waals surface area contributed by atoms with Gasteiger partial charge in [0.15, 0.2) is 0 Å². The van der Waals surface area contributed by atoms with Gasteiger partial charge in [-0.1, -0.05) is 29.8 Å². The summed E-state index contributed by atoms with van der Waals surface area (Å²) >= 11 is 0. The van der Waals surface area contributed by atoms with E-state index in [0.29, 0.717) is 28.7 Å². The predicted octanol–water partition coefficient (Wildman–Crippen LogP) is 3.26. The average molecular weight is 383 g/mol. The number of rotatable bonds is 4. The number of benzene rings is 2. The van der Waals surface area contributed by atoms with Crippen LogP contribution in [0.1, 0.15) is 22.4 Å². The van der Waals surface area contributed by atoms with Crippen LogP contribution >= 0.6 is 0 Å². The van der Waals surface area contributed by atoms with Crippen LogP contribution in [0.4, 0.5) is 10.2 Å². The summed E-state index contributed by atoms with van der Waals surface area (Å²) in [6.45, 7) is 1.98. The molecule has 3 aromatic rings. The monoisotopic (exact) mass is 383 g/mol. The smallest absolute Gasteiger partial charge is 0.229 e. The Morgan fingerprint density at radius 3 is 2.74 bits per heavy atom. The van der Waals surface area contributed by atoms with E-state index >= 15 is 0 Å². The summed E-state index contributed by atoms with van der Waals surface area (Å²) < 4.78 is 26.8. The van der Waals surface area contributed by atoms with Crippen molar-refractivity contribution in [3.63, 3.8) is 0 Å². The third-order valence-corrected chi connectivity index (χ3v) is 5.65. The molecule has 1 aromatic heterocycles. The van der Waals surface area contributed by atoms with Gasteiger partial charge in [-0.3, -0.25) is 9.00 Å². The van der Waals surface area contributed by atoms with E-state index in [4.69, 9.17) is 0 Å². The van der Waals surface area contributed by atoms with Gasteiger partial charge in [0, 0.05) is 16.4 Å². The van der Waals surface area contributed by atoms with Crippen molar-refractivity contribution < 1.29 is 13.4 Å². The lowest BCUT2D eigenvalue weighted by molar-refractivity contribution is -0.115. The maximum Gasteiger partial charge on any atom is 0.229 e. The van der Waals surface area contributed by atoms with E-state index in [1.807, 2.05) is 31.2 Å². The molecule has 4 rings (SSSR count). The standard InChI is InChI=1S/C20H18FN3O2S/c1-13-3-2-4-14(9-13)10-19(25)22-20-17-11-27(26)12-18(17)23-24(20)16-7-5-15(21)6-8-16/h2-9H,10-12H2,1H3,(H,22,25)/t27-/m1/s1. The second-order valence-corrected chi connectivity index (χ2v) is 8.06. The third-order valence-electron chi connectivity index (χ3n) is 4.45. The van der Waals surface area contributed by atoms with Gasteiger partial charge >= 0.3 is 0 Å². The van der Waals surface area contributed by atoms with Gasteiger partial charge < -0.3 is 5.32 Å². The first kappa shape index (κ1) is 17.6. The number of aryl methyl sites for hydroxylation is 1. The molecule has 0 saturated heterocycles. The molecule has 0 unspecified atom stereocenters. The van der Waals surface area contributed by atoms with Crippen molar-refractivity contribution in [2.45, 2.75) is 24.9 Å². The Hall–Kier alpha value is -2.80. The molecule has 0 spiro atoms. The van der Waals surface area contributed by atoms with Crippen molar-refractivity contribution in [1.29, 1.82) is 0 Å². The van der Waals surface area contributed by atoms with E-state index in [-0.39, 0.29) is 18.1 Å². The van der Waals surface area contributed by atoms with E-state index in [2.05, 4.69) is 10.4 Å². The zero-order valence-corrected chi connectivity index (χ0v) is 15.6. The number of fused-ring (bicyclic) bond motifs is 1. The Kier molecular flexibility index (Phi) is 4.61. The molecule has 0 fully saturated rings. The number of amides is 1. The number of carbonyl (C=O) groups excluding carboxylic acids is 1. The van der Waals surface area contributed by atoms with Crippen LogP contribution in [-0.4, -0.2) is 19.9 Å². The maximum atomic E-state index is 13.3. The molecule has 1 N–H and O–H groups in total. The first-order valence-corrected chi connectivity index (χ1v) is 10.1. The number of nitrogens with one attached hydrogen (secondary N) is 1.